The van der Waals surface area contributed by atoms with E-state index in [0.717, 1.165) is 25.2 Å². The first-order chi connectivity index (χ1) is 9.60. The van der Waals surface area contributed by atoms with Gasteiger partial charge in [-0.2, -0.15) is 0 Å². The minimum Gasteiger partial charge on any atom is -0.352 e. The van der Waals surface area contributed by atoms with Crippen LogP contribution in [-0.4, -0.2) is 30.4 Å². The number of amides is 1. The molecule has 1 aromatic carbocycles. The van der Waals surface area contributed by atoms with Crippen LogP contribution in [0.5, 0.6) is 0 Å². The number of nitrogens with zero attached hydrogens (tertiary/aromatic N) is 1. The number of hydrogen-bond donors (Lipinski definition) is 2. The molecule has 4 nitrogen and oxygen atoms in total. The van der Waals surface area contributed by atoms with E-state index < -0.39 is 0 Å². The summed E-state index contributed by atoms with van der Waals surface area (Å²) in [6, 6.07) is 8.38. The summed E-state index contributed by atoms with van der Waals surface area (Å²) in [6.45, 7) is 10.2. The van der Waals surface area contributed by atoms with E-state index in [1.165, 1.54) is 5.56 Å². The Balaban J connectivity index is 0. The molecule has 1 amide bonds. The van der Waals surface area contributed by atoms with Gasteiger partial charge in [0.15, 0.2) is 0 Å². The van der Waals surface area contributed by atoms with Gasteiger partial charge in [0.1, 0.15) is 0 Å². The molecule has 0 saturated carbocycles. The van der Waals surface area contributed by atoms with Crippen LogP contribution in [0.3, 0.4) is 0 Å². The van der Waals surface area contributed by atoms with Crippen molar-refractivity contribution in [3.8, 4) is 0 Å². The van der Waals surface area contributed by atoms with Crippen LogP contribution < -0.4 is 11.1 Å². The standard InChI is InChI=1S/C16H27N3O.2ClH/c1-4-19(5-2)12-15-8-6-7-14(9-15)11-18-16(20)13(3)10-17;;/h6-9,13H,4-5,10-12,17H2,1-3H3,(H,18,20);2*1H. The van der Waals surface area contributed by atoms with Crippen molar-refractivity contribution in [3.63, 3.8) is 0 Å². The maximum Gasteiger partial charge on any atom is 0.224 e. The second-order valence-electron chi connectivity index (χ2n) is 5.14. The molecule has 0 saturated heterocycles. The van der Waals surface area contributed by atoms with Crippen molar-refractivity contribution >= 4 is 30.7 Å². The molecule has 0 aliphatic heterocycles. The van der Waals surface area contributed by atoms with E-state index in [4.69, 9.17) is 5.73 Å². The third-order valence-electron chi connectivity index (χ3n) is 3.56. The normalized spacial score (nSPS) is 11.3. The summed E-state index contributed by atoms with van der Waals surface area (Å²) in [7, 11) is 0. The molecule has 1 unspecified atom stereocenters. The predicted molar refractivity (Wildman–Crippen MR) is 97.6 cm³/mol. The van der Waals surface area contributed by atoms with Crippen molar-refractivity contribution in [2.24, 2.45) is 11.7 Å². The quantitative estimate of drug-likeness (QED) is 0.758. The molecular formula is C16H29Cl2N3O. The van der Waals surface area contributed by atoms with Crippen LogP contribution in [0, 0.1) is 5.92 Å². The summed E-state index contributed by atoms with van der Waals surface area (Å²) in [5.41, 5.74) is 7.90. The van der Waals surface area contributed by atoms with Gasteiger partial charge in [0.05, 0.1) is 0 Å². The molecule has 0 aliphatic rings. The number of benzene rings is 1. The van der Waals surface area contributed by atoms with E-state index in [-0.39, 0.29) is 36.6 Å². The van der Waals surface area contributed by atoms with E-state index in [1.807, 2.05) is 19.1 Å². The Labute approximate surface area is 146 Å². The van der Waals surface area contributed by atoms with Crippen LogP contribution in [0.25, 0.3) is 0 Å². The van der Waals surface area contributed by atoms with Crippen LogP contribution in [0.1, 0.15) is 31.9 Å². The van der Waals surface area contributed by atoms with Gasteiger partial charge in [-0.05, 0) is 24.2 Å². The Morgan fingerprint density at radius 3 is 2.36 bits per heavy atom. The van der Waals surface area contributed by atoms with Crippen molar-refractivity contribution in [1.29, 1.82) is 0 Å². The van der Waals surface area contributed by atoms with E-state index in [0.29, 0.717) is 13.1 Å². The molecule has 3 N–H and O–H groups in total. The van der Waals surface area contributed by atoms with Gasteiger partial charge in [0, 0.05) is 25.6 Å². The minimum absolute atomic E-state index is 0. The summed E-state index contributed by atoms with van der Waals surface area (Å²) in [6.07, 6.45) is 0. The summed E-state index contributed by atoms with van der Waals surface area (Å²) < 4.78 is 0. The van der Waals surface area contributed by atoms with Crippen molar-refractivity contribution < 1.29 is 4.79 Å². The number of carbonyl (C=O) groups excluding carboxylic acids is 1. The van der Waals surface area contributed by atoms with Crippen molar-refractivity contribution in [2.75, 3.05) is 19.6 Å². The highest BCUT2D eigenvalue weighted by Gasteiger charge is 2.10. The molecular weight excluding hydrogens is 321 g/mol. The van der Waals surface area contributed by atoms with Crippen LogP contribution in [0.2, 0.25) is 0 Å². The fraction of sp³-hybridized carbons (Fsp3) is 0.562. The predicted octanol–water partition coefficient (Wildman–Crippen LogP) is 2.58. The average Bonchev–Trinajstić information content (AvgIpc) is 2.49. The number of rotatable bonds is 8. The van der Waals surface area contributed by atoms with Gasteiger partial charge < -0.3 is 11.1 Å². The van der Waals surface area contributed by atoms with Gasteiger partial charge in [-0.25, -0.2) is 0 Å². The Morgan fingerprint density at radius 1 is 1.23 bits per heavy atom. The van der Waals surface area contributed by atoms with E-state index in [2.05, 4.69) is 36.2 Å². The molecule has 22 heavy (non-hydrogen) atoms. The molecule has 6 heteroatoms. The zero-order valence-electron chi connectivity index (χ0n) is 13.7. The number of nitrogens with two attached hydrogens (primary N) is 1. The van der Waals surface area contributed by atoms with Gasteiger partial charge in [0.2, 0.25) is 5.91 Å². The Hall–Kier alpha value is -0.810. The second-order valence-corrected chi connectivity index (χ2v) is 5.14. The maximum absolute atomic E-state index is 11.7. The molecule has 0 aliphatic carbocycles. The Kier molecular flexibility index (Phi) is 13.5. The molecule has 0 heterocycles. The summed E-state index contributed by atoms with van der Waals surface area (Å²) >= 11 is 0. The lowest BCUT2D eigenvalue weighted by Crippen LogP contribution is -2.32. The fourth-order valence-corrected chi connectivity index (χ4v) is 2.01. The highest BCUT2D eigenvalue weighted by atomic mass is 35.5. The van der Waals surface area contributed by atoms with Gasteiger partial charge in [-0.1, -0.05) is 45.0 Å². The number of nitrogens with one attached hydrogen (secondary N) is 1. The highest BCUT2D eigenvalue weighted by Crippen LogP contribution is 2.08. The van der Waals surface area contributed by atoms with Gasteiger partial charge >= 0.3 is 0 Å². The second kappa shape index (κ2) is 12.7. The van der Waals surface area contributed by atoms with E-state index in [9.17, 15) is 4.79 Å². The molecule has 0 radical (unpaired) electrons. The lowest BCUT2D eigenvalue weighted by molar-refractivity contribution is -0.124. The van der Waals surface area contributed by atoms with Crippen LogP contribution in [0.15, 0.2) is 24.3 Å². The van der Waals surface area contributed by atoms with E-state index >= 15 is 0 Å². The van der Waals surface area contributed by atoms with Crippen molar-refractivity contribution in [2.45, 2.75) is 33.9 Å². The first-order valence-corrected chi connectivity index (χ1v) is 7.38. The summed E-state index contributed by atoms with van der Waals surface area (Å²) in [5.74, 6) is -0.115. The smallest absolute Gasteiger partial charge is 0.224 e. The first kappa shape index (κ1) is 23.5. The number of hydrogen-bond acceptors (Lipinski definition) is 3. The fourth-order valence-electron chi connectivity index (χ4n) is 2.01. The monoisotopic (exact) mass is 349 g/mol. The highest BCUT2D eigenvalue weighted by molar-refractivity contribution is 5.85. The number of halogens is 2. The minimum atomic E-state index is -0.131. The molecule has 0 spiro atoms. The van der Waals surface area contributed by atoms with Crippen molar-refractivity contribution in [1.82, 2.24) is 10.2 Å². The van der Waals surface area contributed by atoms with Crippen molar-refractivity contribution in [3.05, 3.63) is 35.4 Å². The van der Waals surface area contributed by atoms with E-state index in [1.54, 1.807) is 0 Å². The third-order valence-corrected chi connectivity index (χ3v) is 3.56. The Morgan fingerprint density at radius 2 is 1.82 bits per heavy atom. The Bertz CT molecular complexity index is 426. The zero-order chi connectivity index (χ0) is 15.0. The van der Waals surface area contributed by atoms with Crippen LogP contribution in [0.4, 0.5) is 0 Å². The molecule has 0 fully saturated rings. The van der Waals surface area contributed by atoms with Crippen LogP contribution >= 0.6 is 24.8 Å². The molecule has 0 aromatic heterocycles. The van der Waals surface area contributed by atoms with Gasteiger partial charge in [0.25, 0.3) is 0 Å². The molecule has 1 aromatic rings. The summed E-state index contributed by atoms with van der Waals surface area (Å²) in [5, 5.41) is 2.93. The molecule has 1 atom stereocenters. The molecule has 128 valence electrons. The third kappa shape index (κ3) is 7.99. The lowest BCUT2D eigenvalue weighted by Gasteiger charge is -2.18. The van der Waals surface area contributed by atoms with Crippen LogP contribution in [-0.2, 0) is 17.9 Å². The lowest BCUT2D eigenvalue weighted by atomic mass is 10.1. The maximum atomic E-state index is 11.7. The topological polar surface area (TPSA) is 58.4 Å². The molecule has 1 rings (SSSR count). The SMILES string of the molecule is CCN(CC)Cc1cccc(CNC(=O)C(C)CN)c1.Cl.Cl. The first-order valence-electron chi connectivity index (χ1n) is 7.38. The average molecular weight is 350 g/mol. The largest absolute Gasteiger partial charge is 0.352 e. The molecule has 0 bridgehead atoms. The number of carbonyl (C=O) groups is 1. The van der Waals surface area contributed by atoms with Gasteiger partial charge in [-0.3, -0.25) is 9.69 Å². The summed E-state index contributed by atoms with van der Waals surface area (Å²) in [4.78, 5) is 14.1. The van der Waals surface area contributed by atoms with Gasteiger partial charge in [-0.15, -0.1) is 24.8 Å². The zero-order valence-corrected chi connectivity index (χ0v) is 15.3.